The summed E-state index contributed by atoms with van der Waals surface area (Å²) in [6.07, 6.45) is 3.60. The maximum atomic E-state index is 13.4. The zero-order chi connectivity index (χ0) is 22.7. The minimum atomic E-state index is -0.461. The van der Waals surface area contributed by atoms with Crippen molar-refractivity contribution < 1.29 is 18.7 Å². The van der Waals surface area contributed by atoms with Crippen LogP contribution in [0.5, 0.6) is 0 Å². The molecule has 2 heterocycles. The zero-order valence-electron chi connectivity index (χ0n) is 17.6. The van der Waals surface area contributed by atoms with Crippen LogP contribution < -0.4 is 5.32 Å². The summed E-state index contributed by atoms with van der Waals surface area (Å²) in [4.78, 5) is 25.3. The SMILES string of the molecule is CCOC(=O)c1cccc(NC(=O)c2c(C)nn(-c3ccc(F)cc3)c2-n2cccc2)c1. The molecule has 0 radical (unpaired) electrons. The summed E-state index contributed by atoms with van der Waals surface area (Å²) in [6, 6.07) is 16.1. The summed E-state index contributed by atoms with van der Waals surface area (Å²) in [7, 11) is 0. The molecule has 0 aliphatic carbocycles. The molecule has 0 aliphatic rings. The van der Waals surface area contributed by atoms with E-state index < -0.39 is 5.97 Å². The third-order valence-corrected chi connectivity index (χ3v) is 4.81. The van der Waals surface area contributed by atoms with Gasteiger partial charge in [0.1, 0.15) is 11.4 Å². The minimum Gasteiger partial charge on any atom is -0.462 e. The highest BCUT2D eigenvalue weighted by atomic mass is 19.1. The summed E-state index contributed by atoms with van der Waals surface area (Å²) in [6.45, 7) is 3.72. The topological polar surface area (TPSA) is 78.2 Å². The molecule has 0 atom stereocenters. The van der Waals surface area contributed by atoms with Crippen molar-refractivity contribution in [3.8, 4) is 11.5 Å². The molecule has 0 bridgehead atoms. The molecule has 32 heavy (non-hydrogen) atoms. The van der Waals surface area contributed by atoms with E-state index in [4.69, 9.17) is 4.74 Å². The number of esters is 1. The number of aromatic nitrogens is 3. The van der Waals surface area contributed by atoms with Crippen LogP contribution in [0.2, 0.25) is 0 Å². The molecule has 1 amide bonds. The molecule has 0 saturated carbocycles. The first-order chi connectivity index (χ1) is 15.5. The van der Waals surface area contributed by atoms with Crippen molar-refractivity contribution in [2.45, 2.75) is 13.8 Å². The number of ether oxygens (including phenoxy) is 1. The monoisotopic (exact) mass is 432 g/mol. The number of halogens is 1. The third kappa shape index (κ3) is 4.15. The Balaban J connectivity index is 1.74. The van der Waals surface area contributed by atoms with E-state index in [2.05, 4.69) is 10.4 Å². The van der Waals surface area contributed by atoms with Crippen LogP contribution in [-0.4, -0.2) is 32.8 Å². The van der Waals surface area contributed by atoms with Gasteiger partial charge in [-0.2, -0.15) is 5.10 Å². The third-order valence-electron chi connectivity index (χ3n) is 4.81. The number of hydrogen-bond acceptors (Lipinski definition) is 4. The molecule has 2 aromatic carbocycles. The van der Waals surface area contributed by atoms with Gasteiger partial charge >= 0.3 is 5.97 Å². The van der Waals surface area contributed by atoms with Gasteiger partial charge < -0.3 is 14.6 Å². The average Bonchev–Trinajstić information content (AvgIpc) is 3.42. The Hall–Kier alpha value is -4.20. The lowest BCUT2D eigenvalue weighted by Gasteiger charge is -2.12. The van der Waals surface area contributed by atoms with Crippen molar-refractivity contribution in [3.63, 3.8) is 0 Å². The van der Waals surface area contributed by atoms with E-state index in [-0.39, 0.29) is 18.3 Å². The molecule has 0 unspecified atom stereocenters. The number of nitrogens with one attached hydrogen (secondary N) is 1. The standard InChI is InChI=1S/C24H21FN4O3/c1-3-32-24(31)17-7-6-8-19(15-17)26-22(30)21-16(2)27-29(20-11-9-18(25)10-12-20)23(21)28-13-4-5-14-28/h4-15H,3H2,1-2H3,(H,26,30). The molecule has 0 spiro atoms. The van der Waals surface area contributed by atoms with Crippen molar-refractivity contribution in [3.05, 3.63) is 95.7 Å². The molecule has 7 nitrogen and oxygen atoms in total. The maximum absolute atomic E-state index is 13.4. The van der Waals surface area contributed by atoms with Gasteiger partial charge in [0.25, 0.3) is 5.91 Å². The Morgan fingerprint density at radius 1 is 1.06 bits per heavy atom. The lowest BCUT2D eigenvalue weighted by atomic mass is 10.1. The number of rotatable bonds is 6. The van der Waals surface area contributed by atoms with E-state index >= 15 is 0 Å². The second-order valence-corrected chi connectivity index (χ2v) is 7.02. The Morgan fingerprint density at radius 2 is 1.78 bits per heavy atom. The number of nitrogens with zero attached hydrogens (tertiary/aromatic N) is 3. The van der Waals surface area contributed by atoms with Gasteiger partial charge in [0.05, 0.1) is 23.6 Å². The van der Waals surface area contributed by atoms with Crippen LogP contribution in [-0.2, 0) is 4.74 Å². The summed E-state index contributed by atoms with van der Waals surface area (Å²) >= 11 is 0. The van der Waals surface area contributed by atoms with Crippen molar-refractivity contribution in [2.24, 2.45) is 0 Å². The molecular weight excluding hydrogens is 411 g/mol. The van der Waals surface area contributed by atoms with Crippen molar-refractivity contribution >= 4 is 17.6 Å². The Kier molecular flexibility index (Phi) is 5.85. The number of benzene rings is 2. The number of aryl methyl sites for hydroxylation is 1. The summed E-state index contributed by atoms with van der Waals surface area (Å²) in [5, 5.41) is 7.38. The maximum Gasteiger partial charge on any atom is 0.338 e. The summed E-state index contributed by atoms with van der Waals surface area (Å²) in [5.74, 6) is -0.699. The predicted molar refractivity (Wildman–Crippen MR) is 118 cm³/mol. The number of carbonyl (C=O) groups excluding carboxylic acids is 2. The molecule has 0 aliphatic heterocycles. The van der Waals surface area contributed by atoms with Gasteiger partial charge in [-0.3, -0.25) is 4.79 Å². The quantitative estimate of drug-likeness (QED) is 0.454. The van der Waals surface area contributed by atoms with Crippen LogP contribution >= 0.6 is 0 Å². The number of amides is 1. The average molecular weight is 432 g/mol. The van der Waals surface area contributed by atoms with E-state index in [1.807, 2.05) is 12.1 Å². The first-order valence-electron chi connectivity index (χ1n) is 10.1. The van der Waals surface area contributed by atoms with E-state index in [9.17, 15) is 14.0 Å². The van der Waals surface area contributed by atoms with Crippen molar-refractivity contribution in [1.82, 2.24) is 14.3 Å². The first kappa shape index (κ1) is 21.0. The van der Waals surface area contributed by atoms with E-state index in [1.165, 1.54) is 12.1 Å². The highest BCUT2D eigenvalue weighted by molar-refractivity contribution is 6.08. The van der Waals surface area contributed by atoms with E-state index in [1.54, 1.807) is 71.9 Å². The second kappa shape index (κ2) is 8.89. The van der Waals surface area contributed by atoms with Crippen molar-refractivity contribution in [1.29, 1.82) is 0 Å². The molecule has 8 heteroatoms. The van der Waals surface area contributed by atoms with E-state index in [0.717, 1.165) is 0 Å². The van der Waals surface area contributed by atoms with Gasteiger partial charge in [0.15, 0.2) is 5.82 Å². The Morgan fingerprint density at radius 3 is 2.47 bits per heavy atom. The predicted octanol–water partition coefficient (Wildman–Crippen LogP) is 4.54. The highest BCUT2D eigenvalue weighted by Crippen LogP contribution is 2.25. The summed E-state index contributed by atoms with van der Waals surface area (Å²) < 4.78 is 21.8. The lowest BCUT2D eigenvalue weighted by Crippen LogP contribution is -2.16. The largest absolute Gasteiger partial charge is 0.462 e. The van der Waals surface area contributed by atoms with Gasteiger partial charge in [0, 0.05) is 18.1 Å². The van der Waals surface area contributed by atoms with Crippen LogP contribution in [0.3, 0.4) is 0 Å². The fourth-order valence-corrected chi connectivity index (χ4v) is 3.39. The molecule has 162 valence electrons. The van der Waals surface area contributed by atoms with Gasteiger partial charge in [-0.15, -0.1) is 0 Å². The van der Waals surface area contributed by atoms with Gasteiger partial charge in [-0.05, 0) is 68.4 Å². The Labute approximate surface area is 184 Å². The second-order valence-electron chi connectivity index (χ2n) is 7.02. The van der Waals surface area contributed by atoms with Crippen LogP contribution in [0, 0.1) is 12.7 Å². The fourth-order valence-electron chi connectivity index (χ4n) is 3.39. The van der Waals surface area contributed by atoms with Crippen molar-refractivity contribution in [2.75, 3.05) is 11.9 Å². The Bertz CT molecular complexity index is 1260. The molecule has 4 rings (SSSR count). The van der Waals surface area contributed by atoms with Crippen LogP contribution in [0.1, 0.15) is 33.3 Å². The molecule has 4 aromatic rings. The normalized spacial score (nSPS) is 10.7. The van der Waals surface area contributed by atoms with E-state index in [0.29, 0.717) is 34.0 Å². The highest BCUT2D eigenvalue weighted by Gasteiger charge is 2.24. The van der Waals surface area contributed by atoms with Gasteiger partial charge in [-0.1, -0.05) is 6.07 Å². The zero-order valence-corrected chi connectivity index (χ0v) is 17.6. The number of anilines is 1. The molecule has 0 saturated heterocycles. The van der Waals surface area contributed by atoms with Crippen LogP contribution in [0.15, 0.2) is 73.1 Å². The molecule has 0 fully saturated rings. The number of carbonyl (C=O) groups is 2. The summed E-state index contributed by atoms with van der Waals surface area (Å²) in [5.41, 5.74) is 2.26. The van der Waals surface area contributed by atoms with Crippen LogP contribution in [0.4, 0.5) is 10.1 Å². The van der Waals surface area contributed by atoms with Gasteiger partial charge in [-0.25, -0.2) is 13.9 Å². The number of hydrogen-bond donors (Lipinski definition) is 1. The first-order valence-corrected chi connectivity index (χ1v) is 10.1. The smallest absolute Gasteiger partial charge is 0.338 e. The molecule has 1 N–H and O–H groups in total. The van der Waals surface area contributed by atoms with Crippen LogP contribution in [0.25, 0.3) is 11.5 Å². The molecule has 2 aromatic heterocycles. The lowest BCUT2D eigenvalue weighted by molar-refractivity contribution is 0.0526. The minimum absolute atomic E-state index is 0.261. The molecular formula is C24H21FN4O3. The van der Waals surface area contributed by atoms with Gasteiger partial charge in [0.2, 0.25) is 0 Å². The fraction of sp³-hybridized carbons (Fsp3) is 0.125.